The van der Waals surface area contributed by atoms with Gasteiger partial charge in [0.15, 0.2) is 5.82 Å². The monoisotopic (exact) mass is 490 g/mol. The minimum Gasteiger partial charge on any atom is -0.465 e. The first kappa shape index (κ1) is 23.7. The van der Waals surface area contributed by atoms with Gasteiger partial charge in [0.2, 0.25) is 0 Å². The SMILES string of the molecule is CC(Nc1n[nH]c(=O)c2cnc(C3=CCN(C(=O)O)C3)cc12)c1cc([N+](=O)[O-])cc(C(F)(F)F)c1. The van der Waals surface area contributed by atoms with Crippen LogP contribution in [0.2, 0.25) is 0 Å². The predicted molar refractivity (Wildman–Crippen MR) is 118 cm³/mol. The number of non-ortho nitro benzene ring substituents is 1. The number of benzene rings is 1. The molecule has 4 rings (SSSR count). The first-order chi connectivity index (χ1) is 16.4. The number of pyridine rings is 1. The number of carbonyl (C=O) groups is 1. The molecule has 1 atom stereocenters. The van der Waals surface area contributed by atoms with E-state index in [1.165, 1.54) is 24.1 Å². The molecule has 182 valence electrons. The van der Waals surface area contributed by atoms with Crippen LogP contribution in [0.1, 0.15) is 29.8 Å². The summed E-state index contributed by atoms with van der Waals surface area (Å²) in [7, 11) is 0. The molecule has 3 aromatic rings. The number of fused-ring (bicyclic) bond motifs is 1. The van der Waals surface area contributed by atoms with Crippen LogP contribution >= 0.6 is 0 Å². The molecule has 1 aromatic carbocycles. The third-order valence-corrected chi connectivity index (χ3v) is 5.52. The van der Waals surface area contributed by atoms with Crippen molar-refractivity contribution in [3.05, 3.63) is 73.8 Å². The van der Waals surface area contributed by atoms with Crippen molar-refractivity contribution in [2.45, 2.75) is 19.1 Å². The van der Waals surface area contributed by atoms with Gasteiger partial charge in [0.1, 0.15) is 0 Å². The van der Waals surface area contributed by atoms with E-state index in [1.807, 2.05) is 0 Å². The molecule has 14 heteroatoms. The number of anilines is 1. The number of rotatable bonds is 5. The average Bonchev–Trinajstić information content (AvgIpc) is 3.30. The molecule has 1 aliphatic heterocycles. The Morgan fingerprint density at radius 2 is 2.03 bits per heavy atom. The summed E-state index contributed by atoms with van der Waals surface area (Å²) in [4.78, 5) is 39.1. The zero-order valence-electron chi connectivity index (χ0n) is 18.0. The minimum atomic E-state index is -4.79. The van der Waals surface area contributed by atoms with Gasteiger partial charge in [-0.2, -0.15) is 18.3 Å². The summed E-state index contributed by atoms with van der Waals surface area (Å²) in [6.07, 6.45) is -2.91. The van der Waals surface area contributed by atoms with Crippen LogP contribution in [0.4, 0.5) is 29.5 Å². The Hall–Kier alpha value is -4.49. The number of nitrogens with one attached hydrogen (secondary N) is 2. The molecule has 1 aliphatic rings. The average molecular weight is 490 g/mol. The Kier molecular flexibility index (Phi) is 5.88. The molecule has 0 saturated heterocycles. The number of hydrogen-bond donors (Lipinski definition) is 3. The topological polar surface area (TPSA) is 154 Å². The number of nitro benzene ring substituents is 1. The molecule has 0 fully saturated rings. The predicted octanol–water partition coefficient (Wildman–Crippen LogP) is 3.80. The summed E-state index contributed by atoms with van der Waals surface area (Å²) in [5, 5.41) is 29.9. The number of aromatic amines is 1. The van der Waals surface area contributed by atoms with Gasteiger partial charge in [0.25, 0.3) is 11.2 Å². The first-order valence-corrected chi connectivity index (χ1v) is 10.1. The number of nitrogens with zero attached hydrogens (tertiary/aromatic N) is 4. The van der Waals surface area contributed by atoms with Gasteiger partial charge >= 0.3 is 12.3 Å². The number of nitro groups is 1. The Morgan fingerprint density at radius 3 is 2.66 bits per heavy atom. The van der Waals surface area contributed by atoms with Gasteiger partial charge in [0, 0.05) is 30.3 Å². The molecular formula is C21H17F3N6O5. The summed E-state index contributed by atoms with van der Waals surface area (Å²) in [6, 6.07) is 2.94. The molecule has 3 heterocycles. The van der Waals surface area contributed by atoms with Crippen LogP contribution in [-0.4, -0.2) is 49.3 Å². The second kappa shape index (κ2) is 8.70. The highest BCUT2D eigenvalue weighted by Crippen LogP contribution is 2.35. The maximum Gasteiger partial charge on any atom is 0.416 e. The van der Waals surface area contributed by atoms with E-state index in [0.29, 0.717) is 22.7 Å². The lowest BCUT2D eigenvalue weighted by atomic mass is 10.0. The standard InChI is InChI=1S/C21H17F3N6O5/c1-10(12-4-13(21(22,23)24)6-14(5-12)30(34)35)26-18-15-7-17(11-2-3-29(9-11)20(32)33)25-8-16(15)19(31)28-27-18/h2,4-8,10H,3,9H2,1H3,(H,26,27)(H,28,31)(H,32,33). The Labute approximate surface area is 194 Å². The van der Waals surface area contributed by atoms with Crippen molar-refractivity contribution in [2.24, 2.45) is 0 Å². The Morgan fingerprint density at radius 1 is 1.29 bits per heavy atom. The van der Waals surface area contributed by atoms with Crippen molar-refractivity contribution in [3.8, 4) is 0 Å². The van der Waals surface area contributed by atoms with Crippen molar-refractivity contribution in [2.75, 3.05) is 18.4 Å². The van der Waals surface area contributed by atoms with Crippen LogP contribution in [0, 0.1) is 10.1 Å². The third kappa shape index (κ3) is 4.76. The smallest absolute Gasteiger partial charge is 0.416 e. The summed E-state index contributed by atoms with van der Waals surface area (Å²) in [5.41, 5.74) is -1.44. The van der Waals surface area contributed by atoms with E-state index < -0.39 is 40.0 Å². The maximum atomic E-state index is 13.3. The van der Waals surface area contributed by atoms with Crippen LogP contribution in [-0.2, 0) is 6.18 Å². The van der Waals surface area contributed by atoms with E-state index in [1.54, 1.807) is 6.08 Å². The van der Waals surface area contributed by atoms with Crippen molar-refractivity contribution in [1.82, 2.24) is 20.1 Å². The Balaban J connectivity index is 1.72. The van der Waals surface area contributed by atoms with E-state index in [0.717, 1.165) is 12.1 Å². The number of hydrogen-bond acceptors (Lipinski definition) is 7. The Bertz CT molecular complexity index is 1440. The molecule has 0 saturated carbocycles. The lowest BCUT2D eigenvalue weighted by Gasteiger charge is -2.18. The van der Waals surface area contributed by atoms with Gasteiger partial charge in [0.05, 0.1) is 34.2 Å². The van der Waals surface area contributed by atoms with E-state index in [-0.39, 0.29) is 29.9 Å². The molecular weight excluding hydrogens is 473 g/mol. The zero-order valence-corrected chi connectivity index (χ0v) is 18.0. The lowest BCUT2D eigenvalue weighted by Crippen LogP contribution is -2.26. The van der Waals surface area contributed by atoms with Crippen molar-refractivity contribution >= 4 is 33.9 Å². The zero-order chi connectivity index (χ0) is 25.5. The highest BCUT2D eigenvalue weighted by atomic mass is 19.4. The van der Waals surface area contributed by atoms with Crippen molar-refractivity contribution < 1.29 is 28.0 Å². The fourth-order valence-corrected chi connectivity index (χ4v) is 3.67. The molecule has 0 bridgehead atoms. The minimum absolute atomic E-state index is 0.0162. The highest BCUT2D eigenvalue weighted by Gasteiger charge is 2.33. The number of alkyl halides is 3. The van der Waals surface area contributed by atoms with Gasteiger partial charge in [-0.1, -0.05) is 6.08 Å². The molecule has 2 aromatic heterocycles. The summed E-state index contributed by atoms with van der Waals surface area (Å²) >= 11 is 0. The molecule has 3 N–H and O–H groups in total. The van der Waals surface area contributed by atoms with Crippen molar-refractivity contribution in [3.63, 3.8) is 0 Å². The number of H-pyrrole nitrogens is 1. The molecule has 0 radical (unpaired) electrons. The van der Waals surface area contributed by atoms with Crippen LogP contribution in [0.5, 0.6) is 0 Å². The highest BCUT2D eigenvalue weighted by molar-refractivity contribution is 5.92. The second-order valence-corrected chi connectivity index (χ2v) is 7.84. The molecule has 35 heavy (non-hydrogen) atoms. The molecule has 1 amide bonds. The van der Waals surface area contributed by atoms with Gasteiger partial charge in [-0.15, -0.1) is 0 Å². The largest absolute Gasteiger partial charge is 0.465 e. The molecule has 0 spiro atoms. The van der Waals surface area contributed by atoms with Crippen LogP contribution in [0.3, 0.4) is 0 Å². The molecule has 0 aliphatic carbocycles. The van der Waals surface area contributed by atoms with Crippen LogP contribution in [0.15, 0.2) is 41.3 Å². The fourth-order valence-electron chi connectivity index (χ4n) is 3.67. The van der Waals surface area contributed by atoms with Gasteiger partial charge in [-0.3, -0.25) is 19.9 Å². The van der Waals surface area contributed by atoms with Crippen molar-refractivity contribution in [1.29, 1.82) is 0 Å². The summed E-state index contributed by atoms with van der Waals surface area (Å²) < 4.78 is 39.8. The molecule has 11 nitrogen and oxygen atoms in total. The van der Waals surface area contributed by atoms with Gasteiger partial charge in [-0.05, 0) is 30.2 Å². The lowest BCUT2D eigenvalue weighted by molar-refractivity contribution is -0.385. The van der Waals surface area contributed by atoms with Crippen LogP contribution < -0.4 is 10.9 Å². The molecule has 1 unspecified atom stereocenters. The third-order valence-electron chi connectivity index (χ3n) is 5.52. The number of carboxylic acid groups (broad SMARTS) is 1. The van der Waals surface area contributed by atoms with Crippen LogP contribution in [0.25, 0.3) is 16.3 Å². The first-order valence-electron chi connectivity index (χ1n) is 10.1. The number of amides is 1. The van der Waals surface area contributed by atoms with Gasteiger partial charge < -0.3 is 15.3 Å². The van der Waals surface area contributed by atoms with E-state index in [2.05, 4.69) is 20.5 Å². The fraction of sp³-hybridized carbons (Fsp3) is 0.238. The van der Waals surface area contributed by atoms with E-state index in [9.17, 15) is 32.9 Å². The quantitative estimate of drug-likeness (QED) is 0.360. The maximum absolute atomic E-state index is 13.3. The number of aromatic nitrogens is 3. The van der Waals surface area contributed by atoms with E-state index >= 15 is 0 Å². The second-order valence-electron chi connectivity index (χ2n) is 7.84. The van der Waals surface area contributed by atoms with Gasteiger partial charge in [-0.25, -0.2) is 9.89 Å². The summed E-state index contributed by atoms with van der Waals surface area (Å²) in [6.45, 7) is 1.76. The normalized spacial score (nSPS) is 14.6. The number of halogens is 3. The van der Waals surface area contributed by atoms with E-state index in [4.69, 9.17) is 5.11 Å². The summed E-state index contributed by atoms with van der Waals surface area (Å²) in [5.74, 6) is 0.101.